The monoisotopic (exact) mass is 398 g/mol. The summed E-state index contributed by atoms with van der Waals surface area (Å²) < 4.78 is 5.23. The summed E-state index contributed by atoms with van der Waals surface area (Å²) in [5.74, 6) is -0.232. The number of amides is 2. The van der Waals surface area contributed by atoms with Crippen molar-refractivity contribution in [3.05, 3.63) is 64.8 Å². The molecule has 2 aromatic carbocycles. The first-order valence-electron chi connectivity index (χ1n) is 8.50. The third-order valence-corrected chi connectivity index (χ3v) is 4.31. The number of aromatic nitrogens is 2. The zero-order valence-electron chi connectivity index (χ0n) is 15.4. The number of carbonyl (C=O) groups is 2. The minimum absolute atomic E-state index is 0.193. The van der Waals surface area contributed by atoms with Crippen LogP contribution in [0, 0.1) is 6.92 Å². The fourth-order valence-electron chi connectivity index (χ4n) is 2.66. The highest BCUT2D eigenvalue weighted by Crippen LogP contribution is 2.25. The average molecular weight is 399 g/mol. The molecule has 0 unspecified atom stereocenters. The van der Waals surface area contributed by atoms with E-state index >= 15 is 0 Å². The normalized spacial score (nSPS) is 10.4. The van der Waals surface area contributed by atoms with Crippen molar-refractivity contribution < 1.29 is 14.3 Å². The lowest BCUT2D eigenvalue weighted by atomic mass is 10.1. The summed E-state index contributed by atoms with van der Waals surface area (Å²) in [6.07, 6.45) is 1.42. The molecular weight excluding hydrogens is 380 g/mol. The van der Waals surface area contributed by atoms with Crippen LogP contribution < -0.4 is 15.4 Å². The number of ether oxygens (including phenoxy) is 1. The number of hydrogen-bond acceptors (Lipinski definition) is 4. The molecule has 2 amide bonds. The van der Waals surface area contributed by atoms with Crippen molar-refractivity contribution in [2.75, 3.05) is 19.0 Å². The minimum atomic E-state index is -0.412. The van der Waals surface area contributed by atoms with Crippen molar-refractivity contribution in [3.63, 3.8) is 0 Å². The summed E-state index contributed by atoms with van der Waals surface area (Å²) in [6.45, 7) is 1.72. The first kappa shape index (κ1) is 19.4. The van der Waals surface area contributed by atoms with E-state index < -0.39 is 5.91 Å². The Kier molecular flexibility index (Phi) is 5.96. The fourth-order valence-corrected chi connectivity index (χ4v) is 2.79. The van der Waals surface area contributed by atoms with Crippen LogP contribution in [0.15, 0.2) is 48.7 Å². The van der Waals surface area contributed by atoms with Gasteiger partial charge in [0.15, 0.2) is 0 Å². The van der Waals surface area contributed by atoms with Crippen LogP contribution >= 0.6 is 11.6 Å². The third kappa shape index (κ3) is 4.50. The smallest absolute Gasteiger partial charge is 0.255 e. The number of anilines is 1. The lowest BCUT2D eigenvalue weighted by Crippen LogP contribution is -2.33. The fraction of sp³-hybridized carbons (Fsp3) is 0.150. The highest BCUT2D eigenvalue weighted by atomic mass is 35.5. The van der Waals surface area contributed by atoms with Crippen molar-refractivity contribution in [2.45, 2.75) is 6.92 Å². The van der Waals surface area contributed by atoms with Crippen LogP contribution in [0.4, 0.5) is 5.69 Å². The second-order valence-corrected chi connectivity index (χ2v) is 6.54. The van der Waals surface area contributed by atoms with Crippen LogP contribution in [-0.2, 0) is 4.79 Å². The minimum Gasteiger partial charge on any atom is -0.495 e. The lowest BCUT2D eigenvalue weighted by molar-refractivity contribution is -0.115. The van der Waals surface area contributed by atoms with Crippen molar-refractivity contribution >= 4 is 29.1 Å². The van der Waals surface area contributed by atoms with E-state index in [1.165, 1.54) is 13.3 Å². The number of methoxy groups -OCH3 is 1. The van der Waals surface area contributed by atoms with Crippen molar-refractivity contribution in [3.8, 4) is 17.0 Å². The maximum Gasteiger partial charge on any atom is 0.255 e. The van der Waals surface area contributed by atoms with Gasteiger partial charge in [-0.15, -0.1) is 0 Å². The Morgan fingerprint density at radius 1 is 1.18 bits per heavy atom. The highest BCUT2D eigenvalue weighted by molar-refractivity contribution is 6.30. The van der Waals surface area contributed by atoms with Gasteiger partial charge < -0.3 is 15.4 Å². The number of nitrogens with one attached hydrogen (secondary N) is 3. The number of aromatic amines is 1. The van der Waals surface area contributed by atoms with Gasteiger partial charge in [0.25, 0.3) is 5.91 Å². The van der Waals surface area contributed by atoms with E-state index in [2.05, 4.69) is 20.8 Å². The van der Waals surface area contributed by atoms with Gasteiger partial charge in [0.1, 0.15) is 5.75 Å². The lowest BCUT2D eigenvalue weighted by Gasteiger charge is -2.11. The SMILES string of the molecule is COc1ccc(C)cc1NC(=O)CNC(=O)c1cn[nH]c1-c1ccc(Cl)cc1. The molecule has 0 aliphatic rings. The quantitative estimate of drug-likeness (QED) is 0.592. The number of rotatable bonds is 6. The van der Waals surface area contributed by atoms with Gasteiger partial charge in [0, 0.05) is 10.6 Å². The van der Waals surface area contributed by atoms with Crippen LogP contribution in [0.2, 0.25) is 5.02 Å². The van der Waals surface area contributed by atoms with Crippen molar-refractivity contribution in [2.24, 2.45) is 0 Å². The Balaban J connectivity index is 1.65. The number of H-pyrrole nitrogens is 1. The first-order chi connectivity index (χ1) is 13.5. The summed E-state index contributed by atoms with van der Waals surface area (Å²) in [5, 5.41) is 12.7. The third-order valence-electron chi connectivity index (χ3n) is 4.06. The second-order valence-electron chi connectivity index (χ2n) is 6.10. The Labute approximate surface area is 167 Å². The summed E-state index contributed by atoms with van der Waals surface area (Å²) in [4.78, 5) is 24.7. The molecule has 1 aromatic heterocycles. The van der Waals surface area contributed by atoms with Gasteiger partial charge in [0.2, 0.25) is 5.91 Å². The molecule has 0 aliphatic carbocycles. The molecule has 0 saturated heterocycles. The number of aryl methyl sites for hydroxylation is 1. The zero-order chi connectivity index (χ0) is 20.1. The van der Waals surface area contributed by atoms with Gasteiger partial charge in [-0.25, -0.2) is 0 Å². The first-order valence-corrected chi connectivity index (χ1v) is 8.87. The number of carbonyl (C=O) groups excluding carboxylic acids is 2. The van der Waals surface area contributed by atoms with E-state index in [9.17, 15) is 9.59 Å². The number of benzene rings is 2. The number of hydrogen-bond donors (Lipinski definition) is 3. The molecule has 28 heavy (non-hydrogen) atoms. The van der Waals surface area contributed by atoms with E-state index in [0.717, 1.165) is 11.1 Å². The van der Waals surface area contributed by atoms with E-state index in [4.69, 9.17) is 16.3 Å². The zero-order valence-corrected chi connectivity index (χ0v) is 16.1. The molecule has 0 spiro atoms. The number of halogens is 1. The molecule has 0 bridgehead atoms. The molecule has 0 fully saturated rings. The molecule has 0 radical (unpaired) electrons. The Morgan fingerprint density at radius 2 is 1.93 bits per heavy atom. The predicted octanol–water partition coefficient (Wildman–Crippen LogP) is 3.42. The molecule has 7 nitrogen and oxygen atoms in total. The van der Waals surface area contributed by atoms with Crippen molar-refractivity contribution in [1.82, 2.24) is 15.5 Å². The van der Waals surface area contributed by atoms with Crippen LogP contribution in [-0.4, -0.2) is 35.7 Å². The van der Waals surface area contributed by atoms with Crippen LogP contribution in [0.5, 0.6) is 5.75 Å². The van der Waals surface area contributed by atoms with Crippen molar-refractivity contribution in [1.29, 1.82) is 0 Å². The van der Waals surface area contributed by atoms with Crippen LogP contribution in [0.25, 0.3) is 11.3 Å². The molecule has 0 atom stereocenters. The highest BCUT2D eigenvalue weighted by Gasteiger charge is 2.16. The maximum atomic E-state index is 12.5. The molecular formula is C20H19ClN4O3. The van der Waals surface area contributed by atoms with E-state index in [1.807, 2.05) is 13.0 Å². The molecule has 0 aliphatic heterocycles. The van der Waals surface area contributed by atoms with Crippen LogP contribution in [0.3, 0.4) is 0 Å². The van der Waals surface area contributed by atoms with E-state index in [0.29, 0.717) is 27.7 Å². The molecule has 3 aromatic rings. The Hall–Kier alpha value is -3.32. The molecule has 3 rings (SSSR count). The van der Waals surface area contributed by atoms with E-state index in [-0.39, 0.29) is 12.5 Å². The van der Waals surface area contributed by atoms with Gasteiger partial charge in [-0.2, -0.15) is 5.10 Å². The van der Waals surface area contributed by atoms with Gasteiger partial charge in [-0.1, -0.05) is 29.8 Å². The summed E-state index contributed by atoms with van der Waals surface area (Å²) in [7, 11) is 1.53. The largest absolute Gasteiger partial charge is 0.495 e. The maximum absolute atomic E-state index is 12.5. The summed E-state index contributed by atoms with van der Waals surface area (Å²) in [5.41, 5.74) is 3.18. The Morgan fingerprint density at radius 3 is 2.64 bits per heavy atom. The molecule has 0 saturated carbocycles. The Bertz CT molecular complexity index is 999. The van der Waals surface area contributed by atoms with Gasteiger partial charge in [-0.05, 0) is 36.8 Å². The molecule has 1 heterocycles. The van der Waals surface area contributed by atoms with Crippen LogP contribution in [0.1, 0.15) is 15.9 Å². The standard InChI is InChI=1S/C20H19ClN4O3/c1-12-3-8-17(28-2)16(9-12)24-18(26)11-22-20(27)15-10-23-25-19(15)13-4-6-14(21)7-5-13/h3-10H,11H2,1-2H3,(H,22,27)(H,23,25)(H,24,26). The van der Waals surface area contributed by atoms with Gasteiger partial charge in [0.05, 0.1) is 36.8 Å². The topological polar surface area (TPSA) is 96.1 Å². The molecule has 3 N–H and O–H groups in total. The van der Waals surface area contributed by atoms with Gasteiger partial charge in [-0.3, -0.25) is 14.7 Å². The number of nitrogens with zero attached hydrogens (tertiary/aromatic N) is 1. The van der Waals surface area contributed by atoms with E-state index in [1.54, 1.807) is 36.4 Å². The summed E-state index contributed by atoms with van der Waals surface area (Å²) in [6, 6.07) is 12.5. The predicted molar refractivity (Wildman–Crippen MR) is 108 cm³/mol. The van der Waals surface area contributed by atoms with Gasteiger partial charge >= 0.3 is 0 Å². The average Bonchev–Trinajstić information content (AvgIpc) is 3.17. The molecule has 8 heteroatoms. The summed E-state index contributed by atoms with van der Waals surface area (Å²) >= 11 is 5.90. The molecule has 144 valence electrons. The second kappa shape index (κ2) is 8.58.